The second kappa shape index (κ2) is 3.04. The van der Waals surface area contributed by atoms with E-state index in [0.717, 1.165) is 12.8 Å². The zero-order valence-electron chi connectivity index (χ0n) is 8.91. The number of halogens is 1. The fraction of sp³-hybridized carbons (Fsp3) is 0.727. The first kappa shape index (κ1) is 9.33. The number of fused-ring (bicyclic) bond motifs is 2. The summed E-state index contributed by atoms with van der Waals surface area (Å²) in [4.78, 5) is 4.17. The van der Waals surface area contributed by atoms with Crippen LogP contribution in [0.1, 0.15) is 31.5 Å². The Labute approximate surface area is 88.7 Å². The van der Waals surface area contributed by atoms with Crippen molar-refractivity contribution in [3.05, 3.63) is 18.2 Å². The molecule has 1 aromatic heterocycles. The molecule has 2 aliphatic rings. The van der Waals surface area contributed by atoms with Crippen LogP contribution in [0.15, 0.2) is 12.4 Å². The van der Waals surface area contributed by atoms with Gasteiger partial charge in [-0.05, 0) is 12.8 Å². The number of aryl methyl sites for hydroxylation is 1. The van der Waals surface area contributed by atoms with Crippen molar-refractivity contribution in [2.75, 3.05) is 0 Å². The number of imidazole rings is 1. The number of piperidine rings is 1. The first-order chi connectivity index (χ1) is 7.17. The highest BCUT2D eigenvalue weighted by molar-refractivity contribution is 5.11. The van der Waals surface area contributed by atoms with Gasteiger partial charge in [0.15, 0.2) is 5.67 Å². The summed E-state index contributed by atoms with van der Waals surface area (Å²) < 4.78 is 16.6. The van der Waals surface area contributed by atoms with E-state index in [0.29, 0.717) is 30.7 Å². The van der Waals surface area contributed by atoms with Crippen molar-refractivity contribution in [3.63, 3.8) is 0 Å². The maximum atomic E-state index is 14.8. The van der Waals surface area contributed by atoms with Gasteiger partial charge in [0.2, 0.25) is 0 Å². The van der Waals surface area contributed by atoms with E-state index >= 15 is 0 Å². The zero-order chi connectivity index (χ0) is 10.5. The number of hydrogen-bond acceptors (Lipinski definition) is 2. The van der Waals surface area contributed by atoms with Crippen molar-refractivity contribution in [1.82, 2.24) is 14.9 Å². The Bertz CT molecular complexity index is 362. The van der Waals surface area contributed by atoms with E-state index < -0.39 is 5.67 Å². The lowest BCUT2D eigenvalue weighted by Crippen LogP contribution is -2.45. The third kappa shape index (κ3) is 1.39. The molecule has 0 saturated carbocycles. The summed E-state index contributed by atoms with van der Waals surface area (Å²) in [7, 11) is 1.87. The predicted octanol–water partition coefficient (Wildman–Crippen LogP) is 1.50. The lowest BCUT2D eigenvalue weighted by molar-refractivity contribution is 0.0746. The van der Waals surface area contributed by atoms with Crippen LogP contribution in [0.2, 0.25) is 0 Å². The van der Waals surface area contributed by atoms with Crippen molar-refractivity contribution < 1.29 is 4.39 Å². The van der Waals surface area contributed by atoms with Gasteiger partial charge in [0.1, 0.15) is 5.82 Å². The minimum Gasteiger partial charge on any atom is -0.335 e. The Kier molecular flexibility index (Phi) is 1.89. The molecule has 0 amide bonds. The van der Waals surface area contributed by atoms with Crippen LogP contribution in [0.25, 0.3) is 0 Å². The molecule has 1 aromatic rings. The molecule has 0 spiro atoms. The second-order valence-corrected chi connectivity index (χ2v) is 4.87. The van der Waals surface area contributed by atoms with Crippen LogP contribution in [0.4, 0.5) is 4.39 Å². The predicted molar refractivity (Wildman–Crippen MR) is 55.2 cm³/mol. The maximum Gasteiger partial charge on any atom is 0.171 e. The zero-order valence-corrected chi connectivity index (χ0v) is 8.91. The Balaban J connectivity index is 1.94. The molecule has 0 radical (unpaired) electrons. The molecule has 2 atom stereocenters. The molecule has 3 heterocycles. The Morgan fingerprint density at radius 3 is 2.67 bits per heavy atom. The first-order valence-electron chi connectivity index (χ1n) is 5.60. The van der Waals surface area contributed by atoms with Crippen LogP contribution < -0.4 is 5.32 Å². The fourth-order valence-corrected chi connectivity index (χ4v) is 3.07. The minimum absolute atomic E-state index is 0.352. The smallest absolute Gasteiger partial charge is 0.171 e. The van der Waals surface area contributed by atoms with Gasteiger partial charge < -0.3 is 9.88 Å². The lowest BCUT2D eigenvalue weighted by atomic mass is 9.88. The molecule has 3 rings (SSSR count). The molecule has 2 aliphatic heterocycles. The summed E-state index contributed by atoms with van der Waals surface area (Å²) in [6, 6.07) is 0.705. The van der Waals surface area contributed by atoms with Crippen LogP contribution in [0.5, 0.6) is 0 Å². The van der Waals surface area contributed by atoms with Crippen LogP contribution in [-0.2, 0) is 12.7 Å². The monoisotopic (exact) mass is 209 g/mol. The van der Waals surface area contributed by atoms with Crippen LogP contribution >= 0.6 is 0 Å². The molecular weight excluding hydrogens is 193 g/mol. The van der Waals surface area contributed by atoms with Gasteiger partial charge in [0.05, 0.1) is 0 Å². The number of alkyl halides is 1. The SMILES string of the molecule is Cn1ccnc1C1(F)CC2CCC(C1)N2. The molecule has 4 heteroatoms. The first-order valence-corrected chi connectivity index (χ1v) is 5.60. The molecule has 2 bridgehead atoms. The van der Waals surface area contributed by atoms with E-state index in [4.69, 9.17) is 0 Å². The average molecular weight is 209 g/mol. The van der Waals surface area contributed by atoms with Gasteiger partial charge in [0.25, 0.3) is 0 Å². The highest BCUT2D eigenvalue weighted by atomic mass is 19.1. The van der Waals surface area contributed by atoms with Crippen molar-refractivity contribution in [2.24, 2.45) is 7.05 Å². The van der Waals surface area contributed by atoms with Gasteiger partial charge in [-0.25, -0.2) is 9.37 Å². The Morgan fingerprint density at radius 1 is 1.47 bits per heavy atom. The van der Waals surface area contributed by atoms with Crippen LogP contribution in [0.3, 0.4) is 0 Å². The number of nitrogens with one attached hydrogen (secondary N) is 1. The molecule has 1 N–H and O–H groups in total. The van der Waals surface area contributed by atoms with Crippen molar-refractivity contribution in [3.8, 4) is 0 Å². The Hall–Kier alpha value is -0.900. The van der Waals surface area contributed by atoms with E-state index in [-0.39, 0.29) is 0 Å². The minimum atomic E-state index is -1.21. The van der Waals surface area contributed by atoms with E-state index in [2.05, 4.69) is 10.3 Å². The van der Waals surface area contributed by atoms with Crippen molar-refractivity contribution >= 4 is 0 Å². The molecule has 2 saturated heterocycles. The standard InChI is InChI=1S/C11H16FN3/c1-15-5-4-13-10(15)11(12)6-8-2-3-9(7-11)14-8/h4-5,8-9,14H,2-3,6-7H2,1H3. The molecule has 2 fully saturated rings. The third-order valence-corrected chi connectivity index (χ3v) is 3.70. The van der Waals surface area contributed by atoms with Crippen LogP contribution in [0, 0.1) is 0 Å². The molecule has 3 nitrogen and oxygen atoms in total. The summed E-state index contributed by atoms with van der Waals surface area (Å²) in [5, 5.41) is 3.45. The van der Waals surface area contributed by atoms with Gasteiger partial charge >= 0.3 is 0 Å². The van der Waals surface area contributed by atoms with Gasteiger partial charge in [-0.2, -0.15) is 0 Å². The maximum absolute atomic E-state index is 14.8. The van der Waals surface area contributed by atoms with Crippen molar-refractivity contribution in [1.29, 1.82) is 0 Å². The Morgan fingerprint density at radius 2 is 2.13 bits per heavy atom. The molecule has 2 unspecified atom stereocenters. The van der Waals surface area contributed by atoms with E-state index in [1.807, 2.05) is 17.8 Å². The van der Waals surface area contributed by atoms with Gasteiger partial charge in [-0.1, -0.05) is 0 Å². The highest BCUT2D eigenvalue weighted by Crippen LogP contribution is 2.42. The summed E-state index contributed by atoms with van der Waals surface area (Å²) in [5.41, 5.74) is -1.21. The number of rotatable bonds is 1. The summed E-state index contributed by atoms with van der Waals surface area (Å²) in [5.74, 6) is 0.598. The summed E-state index contributed by atoms with van der Waals surface area (Å²) in [6.07, 6.45) is 6.88. The van der Waals surface area contributed by atoms with E-state index in [1.165, 1.54) is 0 Å². The van der Waals surface area contributed by atoms with E-state index in [9.17, 15) is 4.39 Å². The average Bonchev–Trinajstić information content (AvgIpc) is 2.73. The summed E-state index contributed by atoms with van der Waals surface area (Å²) >= 11 is 0. The highest BCUT2D eigenvalue weighted by Gasteiger charge is 2.47. The number of hydrogen-bond donors (Lipinski definition) is 1. The second-order valence-electron chi connectivity index (χ2n) is 4.87. The van der Waals surface area contributed by atoms with E-state index in [1.54, 1.807) is 6.20 Å². The van der Waals surface area contributed by atoms with Gasteiger partial charge in [-0.15, -0.1) is 0 Å². The number of nitrogens with zero attached hydrogens (tertiary/aromatic N) is 2. The normalized spacial score (nSPS) is 39.6. The quantitative estimate of drug-likeness (QED) is 0.759. The topological polar surface area (TPSA) is 29.9 Å². The molecular formula is C11H16FN3. The van der Waals surface area contributed by atoms with Gasteiger partial charge in [0, 0.05) is 44.4 Å². The van der Waals surface area contributed by atoms with Crippen molar-refractivity contribution in [2.45, 2.75) is 43.4 Å². The lowest BCUT2D eigenvalue weighted by Gasteiger charge is -2.34. The molecule has 0 aromatic carbocycles. The summed E-state index contributed by atoms with van der Waals surface area (Å²) in [6.45, 7) is 0. The number of aromatic nitrogens is 2. The molecule has 15 heavy (non-hydrogen) atoms. The van der Waals surface area contributed by atoms with Crippen LogP contribution in [-0.4, -0.2) is 21.6 Å². The molecule has 0 aliphatic carbocycles. The largest absolute Gasteiger partial charge is 0.335 e. The molecule has 82 valence electrons. The fourth-order valence-electron chi connectivity index (χ4n) is 3.07. The third-order valence-electron chi connectivity index (χ3n) is 3.70. The van der Waals surface area contributed by atoms with Gasteiger partial charge in [-0.3, -0.25) is 0 Å².